The first kappa shape index (κ1) is 16.1. The van der Waals surface area contributed by atoms with Gasteiger partial charge in [-0.15, -0.1) is 0 Å². The number of hydrogen-bond donors (Lipinski definition) is 0. The molecule has 0 bridgehead atoms. The van der Waals surface area contributed by atoms with E-state index < -0.39 is 29.0 Å². The zero-order valence-corrected chi connectivity index (χ0v) is 12.4. The highest BCUT2D eigenvalue weighted by molar-refractivity contribution is 8.00. The monoisotopic (exact) mass is 321 g/mol. The van der Waals surface area contributed by atoms with Crippen molar-refractivity contribution in [2.75, 3.05) is 12.3 Å². The minimum Gasteiger partial charge on any atom is -0.334 e. The van der Waals surface area contributed by atoms with Crippen LogP contribution < -0.4 is 0 Å². The molecule has 1 aliphatic heterocycles. The van der Waals surface area contributed by atoms with Gasteiger partial charge in [-0.3, -0.25) is 4.79 Å². The third kappa shape index (κ3) is 3.33. The van der Waals surface area contributed by atoms with Crippen LogP contribution in [0.2, 0.25) is 0 Å². The molecule has 0 N–H and O–H groups in total. The van der Waals surface area contributed by atoms with Crippen molar-refractivity contribution in [1.82, 2.24) is 4.90 Å². The summed E-state index contributed by atoms with van der Waals surface area (Å²) in [6, 6.07) is 1.79. The van der Waals surface area contributed by atoms with Crippen LogP contribution in [0.15, 0.2) is 18.2 Å². The molecule has 2 rings (SSSR count). The number of carbonyl (C=O) groups excluding carboxylic acids is 1. The maximum atomic E-state index is 13.8. The summed E-state index contributed by atoms with van der Waals surface area (Å²) in [5, 5.41) is 0.163. The van der Waals surface area contributed by atoms with Crippen LogP contribution in [0.1, 0.15) is 29.8 Å². The van der Waals surface area contributed by atoms with Crippen LogP contribution in [-0.4, -0.2) is 34.4 Å². The Labute approximate surface area is 124 Å². The maximum Gasteiger partial charge on any atom is 0.416 e. The highest BCUT2D eigenvalue weighted by Crippen LogP contribution is 2.32. The van der Waals surface area contributed by atoms with E-state index in [1.165, 1.54) is 4.90 Å². The molecule has 2 unspecified atom stereocenters. The summed E-state index contributed by atoms with van der Waals surface area (Å²) in [5.74, 6) is -0.915. The highest BCUT2D eigenvalue weighted by atomic mass is 32.2. The van der Waals surface area contributed by atoms with E-state index in [1.54, 1.807) is 11.8 Å². The molecule has 1 aromatic carbocycles. The molecular formula is C14H15F4NOS. The molecule has 0 spiro atoms. The molecule has 2 atom stereocenters. The number of amides is 1. The molecule has 0 aliphatic carbocycles. The summed E-state index contributed by atoms with van der Waals surface area (Å²) in [5.41, 5.74) is -1.53. The van der Waals surface area contributed by atoms with Gasteiger partial charge in [0.05, 0.1) is 11.1 Å². The zero-order chi connectivity index (χ0) is 15.8. The summed E-state index contributed by atoms with van der Waals surface area (Å²) in [6.45, 7) is 4.17. The lowest BCUT2D eigenvalue weighted by atomic mass is 10.1. The number of nitrogens with zero attached hydrogens (tertiary/aromatic N) is 1. The third-order valence-electron chi connectivity index (χ3n) is 3.67. The van der Waals surface area contributed by atoms with Gasteiger partial charge in [-0.1, -0.05) is 6.92 Å². The summed E-state index contributed by atoms with van der Waals surface area (Å²) >= 11 is 1.69. The molecule has 0 aromatic heterocycles. The molecule has 1 aromatic rings. The van der Waals surface area contributed by atoms with Crippen LogP contribution >= 0.6 is 11.8 Å². The molecule has 21 heavy (non-hydrogen) atoms. The van der Waals surface area contributed by atoms with Crippen molar-refractivity contribution in [1.29, 1.82) is 0 Å². The third-order valence-corrected chi connectivity index (χ3v) is 5.01. The molecule has 1 aliphatic rings. The van der Waals surface area contributed by atoms with Crippen LogP contribution in [0.3, 0.4) is 0 Å². The van der Waals surface area contributed by atoms with E-state index in [4.69, 9.17) is 0 Å². The van der Waals surface area contributed by atoms with Crippen molar-refractivity contribution in [3.8, 4) is 0 Å². The molecule has 116 valence electrons. The van der Waals surface area contributed by atoms with Crippen molar-refractivity contribution in [3.63, 3.8) is 0 Å². The van der Waals surface area contributed by atoms with Crippen LogP contribution in [0, 0.1) is 5.82 Å². The van der Waals surface area contributed by atoms with Crippen molar-refractivity contribution < 1.29 is 22.4 Å². The van der Waals surface area contributed by atoms with Gasteiger partial charge in [-0.2, -0.15) is 24.9 Å². The number of hydrogen-bond acceptors (Lipinski definition) is 2. The van der Waals surface area contributed by atoms with Gasteiger partial charge < -0.3 is 4.90 Å². The fraction of sp³-hybridized carbons (Fsp3) is 0.500. The number of carbonyl (C=O) groups is 1. The molecular weight excluding hydrogens is 306 g/mol. The topological polar surface area (TPSA) is 20.3 Å². The Morgan fingerprint density at radius 2 is 2.00 bits per heavy atom. The lowest BCUT2D eigenvalue weighted by Gasteiger charge is -2.37. The predicted octanol–water partition coefficient (Wildman–Crippen LogP) is 3.81. The largest absolute Gasteiger partial charge is 0.416 e. The van der Waals surface area contributed by atoms with Crippen LogP contribution in [-0.2, 0) is 6.18 Å². The molecule has 1 heterocycles. The number of benzene rings is 1. The molecule has 1 saturated heterocycles. The van der Waals surface area contributed by atoms with Gasteiger partial charge in [-0.25, -0.2) is 4.39 Å². The second kappa shape index (κ2) is 5.87. The fourth-order valence-corrected chi connectivity index (χ4v) is 3.34. The van der Waals surface area contributed by atoms with Crippen LogP contribution in [0.4, 0.5) is 17.6 Å². The first-order valence-electron chi connectivity index (χ1n) is 6.51. The van der Waals surface area contributed by atoms with Crippen LogP contribution in [0.25, 0.3) is 0 Å². The normalized spacial score (nSPS) is 23.2. The van der Waals surface area contributed by atoms with Crippen molar-refractivity contribution in [2.45, 2.75) is 31.3 Å². The number of rotatable bonds is 1. The van der Waals surface area contributed by atoms with E-state index in [1.807, 2.05) is 13.8 Å². The van der Waals surface area contributed by atoms with E-state index in [-0.39, 0.29) is 11.3 Å². The maximum absolute atomic E-state index is 13.8. The molecule has 1 amide bonds. The number of thioether (sulfide) groups is 1. The Morgan fingerprint density at radius 1 is 1.33 bits per heavy atom. The van der Waals surface area contributed by atoms with Gasteiger partial charge in [0.2, 0.25) is 0 Å². The van der Waals surface area contributed by atoms with Gasteiger partial charge in [0.1, 0.15) is 5.82 Å². The van der Waals surface area contributed by atoms with E-state index in [0.717, 1.165) is 0 Å². The Hall–Kier alpha value is -1.24. The molecule has 0 saturated carbocycles. The summed E-state index contributed by atoms with van der Waals surface area (Å²) < 4.78 is 51.8. The predicted molar refractivity (Wildman–Crippen MR) is 73.8 cm³/mol. The van der Waals surface area contributed by atoms with E-state index in [0.29, 0.717) is 30.5 Å². The Bertz CT molecular complexity index is 546. The van der Waals surface area contributed by atoms with Crippen molar-refractivity contribution in [3.05, 3.63) is 35.1 Å². The Balaban J connectivity index is 2.34. The Kier molecular flexibility index (Phi) is 4.51. The molecule has 0 radical (unpaired) electrons. The first-order valence-corrected chi connectivity index (χ1v) is 7.56. The number of alkyl halides is 3. The summed E-state index contributed by atoms with van der Waals surface area (Å²) in [4.78, 5) is 13.8. The van der Waals surface area contributed by atoms with Gasteiger partial charge in [0.25, 0.3) is 5.91 Å². The van der Waals surface area contributed by atoms with Crippen molar-refractivity contribution in [2.24, 2.45) is 0 Å². The standard InChI is InChI=1S/C14H15F4NOS/c1-8-9(2)21-6-5-19(8)13(20)11-7-10(14(16,17)18)3-4-12(11)15/h3-4,7-9H,5-6H2,1-2H3. The summed E-state index contributed by atoms with van der Waals surface area (Å²) in [6.07, 6.45) is -4.60. The highest BCUT2D eigenvalue weighted by Gasteiger charge is 2.34. The zero-order valence-electron chi connectivity index (χ0n) is 11.6. The second-order valence-electron chi connectivity index (χ2n) is 5.01. The van der Waals surface area contributed by atoms with E-state index in [9.17, 15) is 22.4 Å². The smallest absolute Gasteiger partial charge is 0.334 e. The van der Waals surface area contributed by atoms with Gasteiger partial charge >= 0.3 is 6.18 Å². The lowest BCUT2D eigenvalue weighted by Crippen LogP contribution is -2.48. The van der Waals surface area contributed by atoms with E-state index >= 15 is 0 Å². The minimum atomic E-state index is -4.60. The van der Waals surface area contributed by atoms with Gasteiger partial charge in [0.15, 0.2) is 0 Å². The van der Waals surface area contributed by atoms with Crippen LogP contribution in [0.5, 0.6) is 0 Å². The minimum absolute atomic E-state index is 0.148. The summed E-state index contributed by atoms with van der Waals surface area (Å²) in [7, 11) is 0. The Morgan fingerprint density at radius 3 is 2.62 bits per heavy atom. The first-order chi connectivity index (χ1) is 9.71. The molecule has 2 nitrogen and oxygen atoms in total. The quantitative estimate of drug-likeness (QED) is 0.733. The SMILES string of the molecule is CC1SCCN(C(=O)c2cc(C(F)(F)F)ccc2F)C1C. The lowest BCUT2D eigenvalue weighted by molar-refractivity contribution is -0.137. The van der Waals surface area contributed by atoms with Gasteiger partial charge in [-0.05, 0) is 25.1 Å². The van der Waals surface area contributed by atoms with E-state index in [2.05, 4.69) is 0 Å². The second-order valence-corrected chi connectivity index (χ2v) is 6.49. The molecule has 7 heteroatoms. The fourth-order valence-electron chi connectivity index (χ4n) is 2.24. The average Bonchev–Trinajstić information content (AvgIpc) is 2.40. The van der Waals surface area contributed by atoms with Gasteiger partial charge in [0, 0.05) is 23.6 Å². The molecule has 1 fully saturated rings. The van der Waals surface area contributed by atoms with Crippen molar-refractivity contribution >= 4 is 17.7 Å². The number of halogens is 4. The average molecular weight is 321 g/mol.